The van der Waals surface area contributed by atoms with E-state index in [1.54, 1.807) is 5.57 Å². The number of hydrogen-bond donors (Lipinski definition) is 0. The standard InChI is InChI=1S/C13H15Br/c14-13-8-6-12(7-9-13)10-11-4-2-1-3-5-11/h4,6-9H,1-3,5,10H2. The number of rotatable bonds is 2. The normalized spacial score (nSPS) is 16.5. The molecule has 0 bridgehead atoms. The second kappa shape index (κ2) is 4.79. The van der Waals surface area contributed by atoms with Gasteiger partial charge in [0.15, 0.2) is 0 Å². The first-order valence-corrected chi connectivity index (χ1v) is 6.06. The van der Waals surface area contributed by atoms with E-state index in [1.165, 1.54) is 35.7 Å². The van der Waals surface area contributed by atoms with Gasteiger partial charge >= 0.3 is 0 Å². The summed E-state index contributed by atoms with van der Waals surface area (Å²) in [7, 11) is 0. The summed E-state index contributed by atoms with van der Waals surface area (Å²) in [4.78, 5) is 0. The van der Waals surface area contributed by atoms with Crippen LogP contribution in [0.25, 0.3) is 0 Å². The average Bonchev–Trinajstić information content (AvgIpc) is 2.23. The van der Waals surface area contributed by atoms with Gasteiger partial charge in [0.1, 0.15) is 0 Å². The van der Waals surface area contributed by atoms with E-state index in [-0.39, 0.29) is 0 Å². The molecule has 1 aromatic rings. The molecule has 0 aromatic heterocycles. The lowest BCUT2D eigenvalue weighted by atomic mass is 9.94. The van der Waals surface area contributed by atoms with E-state index >= 15 is 0 Å². The van der Waals surface area contributed by atoms with Gasteiger partial charge in [-0.15, -0.1) is 0 Å². The lowest BCUT2D eigenvalue weighted by molar-refractivity contribution is 0.688. The van der Waals surface area contributed by atoms with Gasteiger partial charge in [-0.25, -0.2) is 0 Å². The van der Waals surface area contributed by atoms with Crippen LogP contribution in [0.5, 0.6) is 0 Å². The van der Waals surface area contributed by atoms with E-state index in [2.05, 4.69) is 46.3 Å². The highest BCUT2D eigenvalue weighted by Crippen LogP contribution is 2.21. The maximum Gasteiger partial charge on any atom is 0.0175 e. The molecule has 0 aliphatic heterocycles. The average molecular weight is 251 g/mol. The van der Waals surface area contributed by atoms with Crippen LogP contribution < -0.4 is 0 Å². The van der Waals surface area contributed by atoms with Crippen LogP contribution in [0.4, 0.5) is 0 Å². The van der Waals surface area contributed by atoms with Crippen molar-refractivity contribution in [3.8, 4) is 0 Å². The summed E-state index contributed by atoms with van der Waals surface area (Å²) in [5.41, 5.74) is 3.06. The van der Waals surface area contributed by atoms with E-state index < -0.39 is 0 Å². The van der Waals surface area contributed by atoms with Crippen molar-refractivity contribution in [3.05, 3.63) is 46.0 Å². The zero-order valence-corrected chi connectivity index (χ0v) is 9.89. The maximum absolute atomic E-state index is 3.46. The molecule has 0 atom stereocenters. The molecule has 0 saturated carbocycles. The van der Waals surface area contributed by atoms with Crippen molar-refractivity contribution in [1.29, 1.82) is 0 Å². The minimum atomic E-state index is 1.15. The topological polar surface area (TPSA) is 0 Å². The number of benzene rings is 1. The Bertz CT molecular complexity index is 322. The third-order valence-electron chi connectivity index (χ3n) is 2.73. The minimum Gasteiger partial charge on any atom is -0.0850 e. The summed E-state index contributed by atoms with van der Waals surface area (Å²) in [6, 6.07) is 8.66. The first-order valence-electron chi connectivity index (χ1n) is 5.27. The minimum absolute atomic E-state index is 1.15. The number of halogens is 1. The van der Waals surface area contributed by atoms with Gasteiger partial charge in [-0.3, -0.25) is 0 Å². The largest absolute Gasteiger partial charge is 0.0850 e. The summed E-state index contributed by atoms with van der Waals surface area (Å²) in [5.74, 6) is 0. The molecular formula is C13H15Br. The molecule has 0 nitrogen and oxygen atoms in total. The first kappa shape index (κ1) is 9.97. The van der Waals surface area contributed by atoms with Crippen molar-refractivity contribution < 1.29 is 0 Å². The van der Waals surface area contributed by atoms with Gasteiger partial charge in [-0.1, -0.05) is 39.7 Å². The third-order valence-corrected chi connectivity index (χ3v) is 3.26. The van der Waals surface area contributed by atoms with Crippen LogP contribution in [-0.2, 0) is 6.42 Å². The lowest BCUT2D eigenvalue weighted by Gasteiger charge is -2.12. The van der Waals surface area contributed by atoms with E-state index in [1.807, 2.05) is 0 Å². The van der Waals surface area contributed by atoms with Crippen molar-refractivity contribution in [3.63, 3.8) is 0 Å². The fourth-order valence-corrected chi connectivity index (χ4v) is 2.19. The Morgan fingerprint density at radius 1 is 1.07 bits per heavy atom. The second-order valence-corrected chi connectivity index (χ2v) is 4.83. The molecule has 0 unspecified atom stereocenters. The van der Waals surface area contributed by atoms with Crippen LogP contribution >= 0.6 is 15.9 Å². The molecule has 1 heteroatoms. The molecule has 1 aliphatic rings. The van der Waals surface area contributed by atoms with Crippen molar-refractivity contribution in [2.75, 3.05) is 0 Å². The smallest absolute Gasteiger partial charge is 0.0175 e. The van der Waals surface area contributed by atoms with Gasteiger partial charge in [-0.05, 0) is 49.8 Å². The van der Waals surface area contributed by atoms with Gasteiger partial charge in [-0.2, -0.15) is 0 Å². The summed E-state index contributed by atoms with van der Waals surface area (Å²) in [6.45, 7) is 0. The SMILES string of the molecule is Brc1ccc(CC2=CCCCC2)cc1. The monoisotopic (exact) mass is 250 g/mol. The molecule has 74 valence electrons. The molecular weight excluding hydrogens is 236 g/mol. The molecule has 14 heavy (non-hydrogen) atoms. The van der Waals surface area contributed by atoms with Gasteiger partial charge in [0, 0.05) is 4.47 Å². The Morgan fingerprint density at radius 3 is 2.50 bits per heavy atom. The zero-order chi connectivity index (χ0) is 9.80. The highest BCUT2D eigenvalue weighted by Gasteiger charge is 2.04. The molecule has 0 N–H and O–H groups in total. The second-order valence-electron chi connectivity index (χ2n) is 3.91. The molecule has 0 spiro atoms. The number of hydrogen-bond acceptors (Lipinski definition) is 0. The van der Waals surface area contributed by atoms with Gasteiger partial charge in [0.05, 0.1) is 0 Å². The van der Waals surface area contributed by atoms with E-state index in [0.717, 1.165) is 6.42 Å². The van der Waals surface area contributed by atoms with E-state index in [4.69, 9.17) is 0 Å². The Kier molecular flexibility index (Phi) is 3.41. The molecule has 0 heterocycles. The third kappa shape index (κ3) is 2.71. The van der Waals surface area contributed by atoms with E-state index in [0.29, 0.717) is 0 Å². The first-order chi connectivity index (χ1) is 6.84. The van der Waals surface area contributed by atoms with E-state index in [9.17, 15) is 0 Å². The quantitative estimate of drug-likeness (QED) is 0.679. The van der Waals surface area contributed by atoms with Crippen molar-refractivity contribution in [2.24, 2.45) is 0 Å². The molecule has 0 radical (unpaired) electrons. The fraction of sp³-hybridized carbons (Fsp3) is 0.385. The molecule has 2 rings (SSSR count). The molecule has 1 aromatic carbocycles. The van der Waals surface area contributed by atoms with Gasteiger partial charge in [0.2, 0.25) is 0 Å². The molecule has 0 fully saturated rings. The summed E-state index contributed by atoms with van der Waals surface area (Å²) in [5, 5.41) is 0. The Labute approximate surface area is 94.2 Å². The van der Waals surface area contributed by atoms with Crippen LogP contribution in [0, 0.1) is 0 Å². The lowest BCUT2D eigenvalue weighted by Crippen LogP contribution is -1.95. The van der Waals surface area contributed by atoms with Crippen molar-refractivity contribution in [2.45, 2.75) is 32.1 Å². The summed E-state index contributed by atoms with van der Waals surface area (Å²) < 4.78 is 1.17. The predicted octanol–water partition coefficient (Wildman–Crippen LogP) is 4.49. The Morgan fingerprint density at radius 2 is 1.86 bits per heavy atom. The van der Waals surface area contributed by atoms with Crippen molar-refractivity contribution >= 4 is 15.9 Å². The highest BCUT2D eigenvalue weighted by atomic mass is 79.9. The van der Waals surface area contributed by atoms with Gasteiger partial charge in [0.25, 0.3) is 0 Å². The van der Waals surface area contributed by atoms with Crippen LogP contribution in [0.1, 0.15) is 31.2 Å². The van der Waals surface area contributed by atoms with Crippen LogP contribution in [0.15, 0.2) is 40.4 Å². The van der Waals surface area contributed by atoms with Gasteiger partial charge < -0.3 is 0 Å². The van der Waals surface area contributed by atoms with Crippen LogP contribution in [0.2, 0.25) is 0 Å². The molecule has 0 amide bonds. The summed E-state index contributed by atoms with van der Waals surface area (Å²) in [6.07, 6.45) is 8.91. The highest BCUT2D eigenvalue weighted by molar-refractivity contribution is 9.10. The fourth-order valence-electron chi connectivity index (χ4n) is 1.93. The predicted molar refractivity (Wildman–Crippen MR) is 64.4 cm³/mol. The van der Waals surface area contributed by atoms with Crippen LogP contribution in [0.3, 0.4) is 0 Å². The molecule has 0 saturated heterocycles. The van der Waals surface area contributed by atoms with Crippen LogP contribution in [-0.4, -0.2) is 0 Å². The zero-order valence-electron chi connectivity index (χ0n) is 8.30. The Balaban J connectivity index is 2.03. The summed E-state index contributed by atoms with van der Waals surface area (Å²) >= 11 is 3.46. The maximum atomic E-state index is 3.46. The number of allylic oxidation sites excluding steroid dienone is 2. The molecule has 1 aliphatic carbocycles. The Hall–Kier alpha value is -0.560. The van der Waals surface area contributed by atoms with Crippen molar-refractivity contribution in [1.82, 2.24) is 0 Å².